The minimum atomic E-state index is -0.0943. The SMILES string of the molecule is OC1CCC(Nc2ccc3nc[nH]c3c2)CC1. The average Bonchev–Trinajstić information content (AvgIpc) is 2.79. The second kappa shape index (κ2) is 4.37. The number of anilines is 1. The molecule has 2 aromatic rings. The van der Waals surface area contributed by atoms with Crippen molar-refractivity contribution in [1.29, 1.82) is 0 Å². The number of fused-ring (bicyclic) bond motifs is 1. The van der Waals surface area contributed by atoms with Gasteiger partial charge in [0.1, 0.15) is 0 Å². The van der Waals surface area contributed by atoms with E-state index in [9.17, 15) is 5.11 Å². The summed E-state index contributed by atoms with van der Waals surface area (Å²) < 4.78 is 0. The third-order valence-electron chi connectivity index (χ3n) is 3.49. The number of aliphatic hydroxyl groups is 1. The van der Waals surface area contributed by atoms with E-state index in [0.717, 1.165) is 42.4 Å². The molecular weight excluding hydrogens is 214 g/mol. The third kappa shape index (κ3) is 2.26. The highest BCUT2D eigenvalue weighted by Gasteiger charge is 2.18. The van der Waals surface area contributed by atoms with Gasteiger partial charge in [0, 0.05) is 11.7 Å². The number of H-pyrrole nitrogens is 1. The molecule has 90 valence electrons. The number of hydrogen-bond acceptors (Lipinski definition) is 3. The Hall–Kier alpha value is -1.55. The van der Waals surface area contributed by atoms with Crippen molar-refractivity contribution in [3.63, 3.8) is 0 Å². The predicted molar refractivity (Wildman–Crippen MR) is 68.0 cm³/mol. The van der Waals surface area contributed by atoms with Gasteiger partial charge in [0.2, 0.25) is 0 Å². The first-order chi connectivity index (χ1) is 8.31. The standard InChI is InChI=1S/C13H17N3O/c17-11-4-1-9(2-5-11)16-10-3-6-12-13(7-10)15-8-14-12/h3,6-9,11,16-17H,1-2,4-5H2,(H,14,15). The summed E-state index contributed by atoms with van der Waals surface area (Å²) in [6.07, 6.45) is 5.52. The minimum absolute atomic E-state index is 0.0943. The van der Waals surface area contributed by atoms with E-state index in [1.165, 1.54) is 0 Å². The number of nitrogens with one attached hydrogen (secondary N) is 2. The van der Waals surface area contributed by atoms with Crippen LogP contribution in [0.15, 0.2) is 24.5 Å². The van der Waals surface area contributed by atoms with Crippen molar-refractivity contribution in [1.82, 2.24) is 9.97 Å². The van der Waals surface area contributed by atoms with Gasteiger partial charge < -0.3 is 15.4 Å². The zero-order chi connectivity index (χ0) is 11.7. The summed E-state index contributed by atoms with van der Waals surface area (Å²) in [6, 6.07) is 6.66. The van der Waals surface area contributed by atoms with Crippen LogP contribution in [0.5, 0.6) is 0 Å². The van der Waals surface area contributed by atoms with Crippen molar-refractivity contribution < 1.29 is 5.11 Å². The second-order valence-corrected chi connectivity index (χ2v) is 4.78. The zero-order valence-electron chi connectivity index (χ0n) is 9.69. The van der Waals surface area contributed by atoms with Gasteiger partial charge in [-0.25, -0.2) is 4.98 Å². The first-order valence-electron chi connectivity index (χ1n) is 6.19. The van der Waals surface area contributed by atoms with Crippen LogP contribution in [0.4, 0.5) is 5.69 Å². The number of hydrogen-bond donors (Lipinski definition) is 3. The first kappa shape index (κ1) is 10.6. The number of aromatic amines is 1. The molecule has 0 spiro atoms. The quantitative estimate of drug-likeness (QED) is 0.743. The highest BCUT2D eigenvalue weighted by Crippen LogP contribution is 2.23. The molecule has 1 fully saturated rings. The molecule has 17 heavy (non-hydrogen) atoms. The molecule has 1 heterocycles. The van der Waals surface area contributed by atoms with E-state index in [-0.39, 0.29) is 6.10 Å². The summed E-state index contributed by atoms with van der Waals surface area (Å²) >= 11 is 0. The highest BCUT2D eigenvalue weighted by atomic mass is 16.3. The number of benzene rings is 1. The molecule has 0 amide bonds. The van der Waals surface area contributed by atoms with Gasteiger partial charge in [0.05, 0.1) is 23.5 Å². The molecule has 0 radical (unpaired) electrons. The van der Waals surface area contributed by atoms with Crippen molar-refractivity contribution >= 4 is 16.7 Å². The molecule has 0 unspecified atom stereocenters. The van der Waals surface area contributed by atoms with Crippen molar-refractivity contribution in [3.05, 3.63) is 24.5 Å². The number of aliphatic hydroxyl groups excluding tert-OH is 1. The Morgan fingerprint density at radius 1 is 1.24 bits per heavy atom. The van der Waals surface area contributed by atoms with Crippen LogP contribution in [0.2, 0.25) is 0 Å². The van der Waals surface area contributed by atoms with Crippen LogP contribution in [0, 0.1) is 0 Å². The Kier molecular flexibility index (Phi) is 2.73. The van der Waals surface area contributed by atoms with E-state index >= 15 is 0 Å². The molecule has 1 aromatic carbocycles. The lowest BCUT2D eigenvalue weighted by Crippen LogP contribution is -2.28. The molecule has 4 nitrogen and oxygen atoms in total. The molecular formula is C13H17N3O. The van der Waals surface area contributed by atoms with E-state index in [2.05, 4.69) is 27.4 Å². The fourth-order valence-electron chi connectivity index (χ4n) is 2.48. The van der Waals surface area contributed by atoms with Gasteiger partial charge in [0.15, 0.2) is 0 Å². The summed E-state index contributed by atoms with van der Waals surface area (Å²) in [7, 11) is 0. The van der Waals surface area contributed by atoms with Gasteiger partial charge in [-0.1, -0.05) is 0 Å². The van der Waals surface area contributed by atoms with Crippen LogP contribution in [0.25, 0.3) is 11.0 Å². The fourth-order valence-corrected chi connectivity index (χ4v) is 2.48. The van der Waals surface area contributed by atoms with Crippen LogP contribution in [0.1, 0.15) is 25.7 Å². The maximum atomic E-state index is 9.47. The number of rotatable bonds is 2. The van der Waals surface area contributed by atoms with Crippen LogP contribution in [-0.2, 0) is 0 Å². The lowest BCUT2D eigenvalue weighted by molar-refractivity contribution is 0.126. The number of aromatic nitrogens is 2. The summed E-state index contributed by atoms with van der Waals surface area (Å²) in [5.74, 6) is 0. The van der Waals surface area contributed by atoms with Crippen LogP contribution >= 0.6 is 0 Å². The molecule has 4 heteroatoms. The lowest BCUT2D eigenvalue weighted by Gasteiger charge is -2.27. The maximum absolute atomic E-state index is 9.47. The van der Waals surface area contributed by atoms with E-state index in [4.69, 9.17) is 0 Å². The molecule has 1 aromatic heterocycles. The van der Waals surface area contributed by atoms with Gasteiger partial charge in [-0.05, 0) is 43.9 Å². The average molecular weight is 231 g/mol. The summed E-state index contributed by atoms with van der Waals surface area (Å²) in [4.78, 5) is 7.31. The monoisotopic (exact) mass is 231 g/mol. The molecule has 3 rings (SSSR count). The van der Waals surface area contributed by atoms with Gasteiger partial charge in [-0.15, -0.1) is 0 Å². The summed E-state index contributed by atoms with van der Waals surface area (Å²) in [5, 5.41) is 13.0. The Morgan fingerprint density at radius 3 is 2.88 bits per heavy atom. The van der Waals surface area contributed by atoms with Crippen LogP contribution in [-0.4, -0.2) is 27.2 Å². The first-order valence-corrected chi connectivity index (χ1v) is 6.19. The Balaban J connectivity index is 1.71. The second-order valence-electron chi connectivity index (χ2n) is 4.78. The Morgan fingerprint density at radius 2 is 2.06 bits per heavy atom. The predicted octanol–water partition coefficient (Wildman–Crippen LogP) is 2.28. The molecule has 0 aliphatic heterocycles. The fraction of sp³-hybridized carbons (Fsp3) is 0.462. The van der Waals surface area contributed by atoms with Crippen molar-refractivity contribution in [2.24, 2.45) is 0 Å². The van der Waals surface area contributed by atoms with E-state index in [1.807, 2.05) is 6.07 Å². The van der Waals surface area contributed by atoms with Crippen LogP contribution in [0.3, 0.4) is 0 Å². The molecule has 1 aliphatic rings. The highest BCUT2D eigenvalue weighted by molar-refractivity contribution is 5.78. The van der Waals surface area contributed by atoms with Crippen molar-refractivity contribution in [2.75, 3.05) is 5.32 Å². The van der Waals surface area contributed by atoms with E-state index in [0.29, 0.717) is 6.04 Å². The summed E-state index contributed by atoms with van der Waals surface area (Å²) in [6.45, 7) is 0. The molecule has 0 saturated heterocycles. The molecule has 1 aliphatic carbocycles. The topological polar surface area (TPSA) is 60.9 Å². The van der Waals surface area contributed by atoms with Gasteiger partial charge in [0.25, 0.3) is 0 Å². The number of nitrogens with zero attached hydrogens (tertiary/aromatic N) is 1. The van der Waals surface area contributed by atoms with E-state index in [1.54, 1.807) is 6.33 Å². The van der Waals surface area contributed by atoms with Gasteiger partial charge in [-0.3, -0.25) is 0 Å². The summed E-state index contributed by atoms with van der Waals surface area (Å²) in [5.41, 5.74) is 3.18. The minimum Gasteiger partial charge on any atom is -0.393 e. The zero-order valence-corrected chi connectivity index (χ0v) is 9.69. The normalized spacial score (nSPS) is 25.0. The van der Waals surface area contributed by atoms with Gasteiger partial charge >= 0.3 is 0 Å². The molecule has 1 saturated carbocycles. The van der Waals surface area contributed by atoms with Crippen molar-refractivity contribution in [3.8, 4) is 0 Å². The van der Waals surface area contributed by atoms with E-state index < -0.39 is 0 Å². The van der Waals surface area contributed by atoms with Crippen molar-refractivity contribution in [2.45, 2.75) is 37.8 Å². The Bertz CT molecular complexity index is 500. The smallest absolute Gasteiger partial charge is 0.0931 e. The largest absolute Gasteiger partial charge is 0.393 e. The number of imidazole rings is 1. The molecule has 3 N–H and O–H groups in total. The third-order valence-corrected chi connectivity index (χ3v) is 3.49. The molecule has 0 atom stereocenters. The Labute approximate surface area is 100 Å². The molecule has 0 bridgehead atoms. The van der Waals surface area contributed by atoms with Crippen LogP contribution < -0.4 is 5.32 Å². The lowest BCUT2D eigenvalue weighted by atomic mass is 9.93. The maximum Gasteiger partial charge on any atom is 0.0931 e. The van der Waals surface area contributed by atoms with Gasteiger partial charge in [-0.2, -0.15) is 0 Å².